The first-order valence-corrected chi connectivity index (χ1v) is 13.1. The Bertz CT molecular complexity index is 1590. The van der Waals surface area contributed by atoms with Gasteiger partial charge < -0.3 is 20.1 Å². The van der Waals surface area contributed by atoms with E-state index in [1.807, 2.05) is 42.1 Å². The first-order valence-electron chi connectivity index (χ1n) is 13.1. The van der Waals surface area contributed by atoms with Gasteiger partial charge in [-0.3, -0.25) is 10.00 Å². The summed E-state index contributed by atoms with van der Waals surface area (Å²) in [4.78, 5) is 17.1. The normalized spacial score (nSPS) is 15.5. The molecule has 2 aromatic carbocycles. The largest absolute Gasteiger partial charge is 0.446 e. The number of nitrogens with zero attached hydrogens (tertiary/aromatic N) is 5. The third-order valence-electron chi connectivity index (χ3n) is 6.75. The van der Waals surface area contributed by atoms with Crippen molar-refractivity contribution < 1.29 is 14.3 Å². The number of aromatic nitrogens is 5. The predicted octanol–water partition coefficient (Wildman–Crippen LogP) is 3.97. The zero-order valence-electron chi connectivity index (χ0n) is 21.6. The molecule has 1 aliphatic heterocycles. The van der Waals surface area contributed by atoms with Crippen LogP contribution in [0.1, 0.15) is 18.1 Å². The summed E-state index contributed by atoms with van der Waals surface area (Å²) in [5, 5.41) is 19.5. The Morgan fingerprint density at radius 2 is 2.10 bits per heavy atom. The van der Waals surface area contributed by atoms with Crippen LogP contribution in [0, 0.1) is 0 Å². The number of ether oxygens (including phenoxy) is 2. The molecule has 6 rings (SSSR count). The number of carbonyl (C=O) groups is 1. The van der Waals surface area contributed by atoms with Crippen molar-refractivity contribution in [3.8, 4) is 0 Å². The highest BCUT2D eigenvalue weighted by molar-refractivity contribution is 5.91. The summed E-state index contributed by atoms with van der Waals surface area (Å²) in [7, 11) is 0. The van der Waals surface area contributed by atoms with Crippen molar-refractivity contribution in [2.24, 2.45) is 0 Å². The standard InChI is InChI=1S/C28H30N8O3/c1-2-23-24(34-28(37)39-17-22-14-29-10-11-38-22)16-36-26(23)27(30-18-32-36)33-21-8-9-25-20(12-21)13-31-35(25)15-19-6-4-3-5-7-19/h3-9,12-13,16,18,22,29H,2,10-11,14-15,17H2,1H3,(H,34,37)(H,30,32,33)/t22-/m1/s1. The molecule has 1 fully saturated rings. The van der Waals surface area contributed by atoms with Crippen LogP contribution in [0.5, 0.6) is 0 Å². The van der Waals surface area contributed by atoms with E-state index in [-0.39, 0.29) is 12.7 Å². The van der Waals surface area contributed by atoms with Gasteiger partial charge in [0.25, 0.3) is 0 Å². The highest BCUT2D eigenvalue weighted by atomic mass is 16.6. The second-order valence-electron chi connectivity index (χ2n) is 9.38. The number of hydrogen-bond acceptors (Lipinski definition) is 8. The topological polar surface area (TPSA) is 120 Å². The van der Waals surface area contributed by atoms with Crippen molar-refractivity contribution in [2.45, 2.75) is 26.0 Å². The van der Waals surface area contributed by atoms with Gasteiger partial charge in [0.2, 0.25) is 0 Å². The number of fused-ring (bicyclic) bond motifs is 2. The molecule has 0 unspecified atom stereocenters. The quantitative estimate of drug-likeness (QED) is 0.278. The van der Waals surface area contributed by atoms with Gasteiger partial charge in [-0.1, -0.05) is 37.3 Å². The van der Waals surface area contributed by atoms with Gasteiger partial charge in [0, 0.05) is 29.7 Å². The van der Waals surface area contributed by atoms with E-state index < -0.39 is 6.09 Å². The predicted molar refractivity (Wildman–Crippen MR) is 149 cm³/mol. The lowest BCUT2D eigenvalue weighted by Crippen LogP contribution is -2.41. The molecule has 11 nitrogen and oxygen atoms in total. The van der Waals surface area contributed by atoms with E-state index in [2.05, 4.69) is 55.4 Å². The van der Waals surface area contributed by atoms with E-state index in [1.54, 1.807) is 10.7 Å². The van der Waals surface area contributed by atoms with E-state index in [9.17, 15) is 4.79 Å². The molecule has 1 saturated heterocycles. The lowest BCUT2D eigenvalue weighted by atomic mass is 10.2. The zero-order chi connectivity index (χ0) is 26.6. The number of benzene rings is 2. The van der Waals surface area contributed by atoms with Gasteiger partial charge in [0.15, 0.2) is 5.82 Å². The van der Waals surface area contributed by atoms with Gasteiger partial charge in [0.05, 0.1) is 36.7 Å². The number of aryl methyl sites for hydroxylation is 1. The van der Waals surface area contributed by atoms with Crippen molar-refractivity contribution in [1.29, 1.82) is 0 Å². The van der Waals surface area contributed by atoms with E-state index >= 15 is 0 Å². The van der Waals surface area contributed by atoms with E-state index in [0.29, 0.717) is 37.6 Å². The summed E-state index contributed by atoms with van der Waals surface area (Å²) in [5.41, 5.74) is 5.44. The Hall–Kier alpha value is -4.48. The van der Waals surface area contributed by atoms with Crippen molar-refractivity contribution >= 4 is 39.7 Å². The molecule has 1 atom stereocenters. The van der Waals surface area contributed by atoms with Crippen LogP contribution in [-0.2, 0) is 22.4 Å². The molecule has 4 heterocycles. The van der Waals surface area contributed by atoms with Crippen LogP contribution >= 0.6 is 0 Å². The van der Waals surface area contributed by atoms with Crippen LogP contribution in [0.3, 0.4) is 0 Å². The molecule has 1 amide bonds. The number of carbonyl (C=O) groups excluding carboxylic acids is 1. The van der Waals surface area contributed by atoms with Gasteiger partial charge in [-0.25, -0.2) is 14.3 Å². The monoisotopic (exact) mass is 526 g/mol. The highest BCUT2D eigenvalue weighted by Gasteiger charge is 2.19. The van der Waals surface area contributed by atoms with Gasteiger partial charge >= 0.3 is 6.09 Å². The molecule has 0 aliphatic carbocycles. The average molecular weight is 527 g/mol. The molecule has 39 heavy (non-hydrogen) atoms. The second-order valence-corrected chi connectivity index (χ2v) is 9.38. The molecule has 3 N–H and O–H groups in total. The number of amides is 1. The van der Waals surface area contributed by atoms with Crippen LogP contribution in [0.4, 0.5) is 22.0 Å². The average Bonchev–Trinajstić information content (AvgIpc) is 3.53. The van der Waals surface area contributed by atoms with Crippen molar-refractivity contribution in [1.82, 2.24) is 29.7 Å². The van der Waals surface area contributed by atoms with Crippen LogP contribution in [0.25, 0.3) is 16.4 Å². The first-order chi connectivity index (χ1) is 19.2. The lowest BCUT2D eigenvalue weighted by molar-refractivity contribution is -0.00984. The maximum absolute atomic E-state index is 12.5. The molecular formula is C28H30N8O3. The van der Waals surface area contributed by atoms with E-state index in [0.717, 1.165) is 34.2 Å². The zero-order valence-corrected chi connectivity index (χ0v) is 21.6. The molecular weight excluding hydrogens is 496 g/mol. The maximum Gasteiger partial charge on any atom is 0.411 e. The number of anilines is 3. The van der Waals surface area contributed by atoms with Crippen LogP contribution in [-0.4, -0.2) is 62.9 Å². The number of morpholine rings is 1. The molecule has 0 bridgehead atoms. The van der Waals surface area contributed by atoms with Crippen LogP contribution in [0.15, 0.2) is 67.3 Å². The summed E-state index contributed by atoms with van der Waals surface area (Å²) in [6.07, 6.45) is 5.12. The summed E-state index contributed by atoms with van der Waals surface area (Å²) in [6.45, 7) is 4.99. The number of nitrogens with one attached hydrogen (secondary N) is 3. The molecule has 1 aliphatic rings. The van der Waals surface area contributed by atoms with Gasteiger partial charge in [0.1, 0.15) is 24.6 Å². The first kappa shape index (κ1) is 24.8. The minimum atomic E-state index is -0.532. The summed E-state index contributed by atoms with van der Waals surface area (Å²) >= 11 is 0. The van der Waals surface area contributed by atoms with E-state index in [4.69, 9.17) is 9.47 Å². The Labute approximate surface area is 225 Å². The van der Waals surface area contributed by atoms with Crippen molar-refractivity contribution in [2.75, 3.05) is 36.9 Å². The molecule has 3 aromatic heterocycles. The van der Waals surface area contributed by atoms with Crippen LogP contribution < -0.4 is 16.0 Å². The molecule has 200 valence electrons. The fourth-order valence-electron chi connectivity index (χ4n) is 4.86. The Morgan fingerprint density at radius 3 is 2.92 bits per heavy atom. The summed E-state index contributed by atoms with van der Waals surface area (Å²) in [5.74, 6) is 0.640. The minimum absolute atomic E-state index is 0.146. The fraction of sp³-hybridized carbons (Fsp3) is 0.286. The molecule has 0 radical (unpaired) electrons. The smallest absolute Gasteiger partial charge is 0.411 e. The lowest BCUT2D eigenvalue weighted by Gasteiger charge is -2.23. The van der Waals surface area contributed by atoms with Gasteiger partial charge in [-0.2, -0.15) is 10.2 Å². The van der Waals surface area contributed by atoms with Crippen LogP contribution in [0.2, 0.25) is 0 Å². The Kier molecular flexibility index (Phi) is 7.07. The molecule has 0 spiro atoms. The van der Waals surface area contributed by atoms with Gasteiger partial charge in [-0.15, -0.1) is 0 Å². The molecule has 0 saturated carbocycles. The Morgan fingerprint density at radius 1 is 1.21 bits per heavy atom. The SMILES string of the molecule is CCc1c(NC(=O)OC[C@H]2CNCCO2)cn2ncnc(Nc3ccc4c(cnn4Cc4ccccc4)c3)c12. The fourth-order valence-corrected chi connectivity index (χ4v) is 4.86. The Balaban J connectivity index is 1.20. The molecule has 5 aromatic rings. The summed E-state index contributed by atoms with van der Waals surface area (Å²) < 4.78 is 14.7. The maximum atomic E-state index is 12.5. The van der Waals surface area contributed by atoms with E-state index in [1.165, 1.54) is 11.9 Å². The van der Waals surface area contributed by atoms with Crippen molar-refractivity contribution in [3.63, 3.8) is 0 Å². The third kappa shape index (κ3) is 5.40. The highest BCUT2D eigenvalue weighted by Crippen LogP contribution is 2.30. The number of hydrogen-bond donors (Lipinski definition) is 3. The minimum Gasteiger partial charge on any atom is -0.446 e. The number of rotatable bonds is 8. The van der Waals surface area contributed by atoms with Gasteiger partial charge in [-0.05, 0) is 30.2 Å². The van der Waals surface area contributed by atoms with Crippen molar-refractivity contribution in [3.05, 3.63) is 78.4 Å². The second kappa shape index (κ2) is 11.1. The third-order valence-corrected chi connectivity index (χ3v) is 6.75. The summed E-state index contributed by atoms with van der Waals surface area (Å²) in [6, 6.07) is 16.4. The molecule has 11 heteroatoms.